The first-order valence-electron chi connectivity index (χ1n) is 6.51. The van der Waals surface area contributed by atoms with Gasteiger partial charge >= 0.3 is 47.9 Å². The molecule has 20 heteroatoms. The smallest absolute Gasteiger partial charge is 0.224 e. The summed E-state index contributed by atoms with van der Waals surface area (Å²) in [4.78, 5) is -4.80. The molecule has 30 heavy (non-hydrogen) atoms. The summed E-state index contributed by atoms with van der Waals surface area (Å²) in [5.74, 6) is -40.5. The molecular weight excluding hydrogens is 495 g/mol. The highest BCUT2D eigenvalue weighted by atomic mass is 19.4. The van der Waals surface area contributed by atoms with Crippen LogP contribution in [-0.2, 0) is 0 Å². The van der Waals surface area contributed by atoms with Gasteiger partial charge < -0.3 is 0 Å². The zero-order valence-corrected chi connectivity index (χ0v) is 12.6. The van der Waals surface area contributed by atoms with Crippen molar-refractivity contribution >= 4 is 0 Å². The average molecular weight is 495 g/mol. The van der Waals surface area contributed by atoms with Crippen LogP contribution < -0.4 is 0 Å². The third-order valence-corrected chi connectivity index (χ3v) is 4.61. The Morgan fingerprint density at radius 3 is 1.03 bits per heavy atom. The molecule has 0 spiro atoms. The second kappa shape index (κ2) is 5.16. The predicted octanol–water partition coefficient (Wildman–Crippen LogP) is 5.61. The summed E-state index contributed by atoms with van der Waals surface area (Å²) in [7, 11) is 0. The highest BCUT2D eigenvalue weighted by Gasteiger charge is 3.18. The second-order valence-corrected chi connectivity index (χ2v) is 6.08. The van der Waals surface area contributed by atoms with Gasteiger partial charge in [-0.3, -0.25) is 0 Å². The number of nitrogens with zero attached hydrogens (tertiary/aromatic N) is 1. The summed E-state index contributed by atoms with van der Waals surface area (Å²) in [6, 6.07) is -8.27. The molecule has 0 aromatic heterocycles. The van der Waals surface area contributed by atoms with Crippen LogP contribution >= 0.6 is 0 Å². The molecule has 1 nitrogen and oxygen atoms in total. The monoisotopic (exact) mass is 495 g/mol. The van der Waals surface area contributed by atoms with Gasteiger partial charge in [0.1, 0.15) is 0 Å². The van der Waals surface area contributed by atoms with Crippen LogP contribution in [0.4, 0.5) is 83.4 Å². The average Bonchev–Trinajstić information content (AvgIpc) is 2.58. The van der Waals surface area contributed by atoms with Crippen LogP contribution in [0.15, 0.2) is 0 Å². The summed E-state index contributed by atoms with van der Waals surface area (Å²) in [5, 5.41) is 0. The Balaban J connectivity index is 3.13. The lowest BCUT2D eigenvalue weighted by Crippen LogP contribution is -2.84. The van der Waals surface area contributed by atoms with E-state index in [0.29, 0.717) is 0 Å². The van der Waals surface area contributed by atoms with E-state index in [-0.39, 0.29) is 0 Å². The Morgan fingerprint density at radius 2 is 0.767 bits per heavy atom. The van der Waals surface area contributed by atoms with E-state index < -0.39 is 64.2 Å². The summed E-state index contributed by atoms with van der Waals surface area (Å²) in [6.45, 7) is 0. The SMILES string of the molecule is FC(F)(F)N(C(F)(F)C(F)(F)F)C1(F)C(F)(F)C2(F)C(F)(F)C(F)(F)C1(F)C2(F)F. The van der Waals surface area contributed by atoms with Crippen molar-refractivity contribution in [1.29, 1.82) is 0 Å². The standard InChI is InChI=1S/C10F19N/c11-1-3(13,14)2(12,5(17,18)4(1,15)16)7(21,6(1,19)20)30(10(27,28)29)9(25,26)8(22,23)24. The topological polar surface area (TPSA) is 3.24 Å². The normalized spacial score (nSPS) is 39.6. The molecule has 2 saturated carbocycles. The minimum atomic E-state index is -8.44. The quantitative estimate of drug-likeness (QED) is 0.356. The van der Waals surface area contributed by atoms with Crippen molar-refractivity contribution in [1.82, 2.24) is 4.90 Å². The number of alkyl halides is 19. The van der Waals surface area contributed by atoms with E-state index in [1.54, 1.807) is 0 Å². The summed E-state index contributed by atoms with van der Waals surface area (Å²) in [6.07, 6.45) is -16.0. The van der Waals surface area contributed by atoms with Gasteiger partial charge in [0.25, 0.3) is 11.5 Å². The van der Waals surface area contributed by atoms with Crippen molar-refractivity contribution in [2.45, 2.75) is 59.3 Å². The number of hydrogen-bond donors (Lipinski definition) is 0. The molecule has 2 aliphatic rings. The number of rotatable bonds is 2. The van der Waals surface area contributed by atoms with Gasteiger partial charge in [0, 0.05) is 0 Å². The summed E-state index contributed by atoms with van der Waals surface area (Å²) >= 11 is 0. The van der Waals surface area contributed by atoms with Gasteiger partial charge in [-0.15, -0.1) is 4.90 Å². The number of fused-ring (bicyclic) bond motifs is 2. The highest BCUT2D eigenvalue weighted by molar-refractivity contribution is 5.47. The Bertz CT molecular complexity index is 747. The first-order chi connectivity index (χ1) is 12.6. The van der Waals surface area contributed by atoms with Gasteiger partial charge in [0.05, 0.1) is 0 Å². The maximum absolute atomic E-state index is 14.5. The molecule has 0 aromatic rings. The van der Waals surface area contributed by atoms with E-state index in [9.17, 15) is 83.4 Å². The fraction of sp³-hybridized carbons (Fsp3) is 1.00. The molecule has 3 atom stereocenters. The van der Waals surface area contributed by atoms with Gasteiger partial charge in [-0.1, -0.05) is 0 Å². The molecule has 2 fully saturated rings. The molecule has 3 unspecified atom stereocenters. The molecule has 0 N–H and O–H groups in total. The molecule has 2 bridgehead atoms. The molecule has 2 aliphatic carbocycles. The zero-order chi connectivity index (χ0) is 24.6. The van der Waals surface area contributed by atoms with Crippen LogP contribution in [0, 0.1) is 0 Å². The Kier molecular flexibility index (Phi) is 4.28. The van der Waals surface area contributed by atoms with Crippen LogP contribution in [0.25, 0.3) is 0 Å². The van der Waals surface area contributed by atoms with Gasteiger partial charge in [0.2, 0.25) is 0 Å². The van der Waals surface area contributed by atoms with Gasteiger partial charge in [0.15, 0.2) is 0 Å². The summed E-state index contributed by atoms with van der Waals surface area (Å²) in [5.41, 5.74) is -16.3. The van der Waals surface area contributed by atoms with Crippen LogP contribution in [0.3, 0.4) is 0 Å². The van der Waals surface area contributed by atoms with Crippen molar-refractivity contribution in [2.24, 2.45) is 0 Å². The fourth-order valence-corrected chi connectivity index (χ4v) is 3.27. The first kappa shape index (κ1) is 24.9. The van der Waals surface area contributed by atoms with Gasteiger partial charge in [-0.2, -0.15) is 70.2 Å². The van der Waals surface area contributed by atoms with Crippen molar-refractivity contribution in [3.05, 3.63) is 0 Å². The maximum Gasteiger partial charge on any atom is 0.469 e. The van der Waals surface area contributed by atoms with Gasteiger partial charge in [-0.25, -0.2) is 13.2 Å². The maximum atomic E-state index is 14.5. The molecule has 2 rings (SSSR count). The largest absolute Gasteiger partial charge is 0.469 e. The number of hydrogen-bond acceptors (Lipinski definition) is 1. The number of halogens is 19. The van der Waals surface area contributed by atoms with E-state index >= 15 is 0 Å². The molecule has 0 amide bonds. The fourth-order valence-electron chi connectivity index (χ4n) is 3.27. The lowest BCUT2D eigenvalue weighted by atomic mass is 9.79. The second-order valence-electron chi connectivity index (χ2n) is 6.08. The molecule has 0 radical (unpaired) electrons. The Morgan fingerprint density at radius 1 is 0.433 bits per heavy atom. The third-order valence-electron chi connectivity index (χ3n) is 4.61. The van der Waals surface area contributed by atoms with Crippen molar-refractivity contribution in [3.8, 4) is 0 Å². The minimum Gasteiger partial charge on any atom is -0.224 e. The highest BCUT2D eigenvalue weighted by Crippen LogP contribution is 2.84. The molecule has 0 aliphatic heterocycles. The summed E-state index contributed by atoms with van der Waals surface area (Å²) < 4.78 is 252. The molecule has 178 valence electrons. The molecular formula is C10F19N. The van der Waals surface area contributed by atoms with Crippen molar-refractivity contribution in [3.63, 3.8) is 0 Å². The molecule has 0 aromatic carbocycles. The Hall–Kier alpha value is -1.37. The van der Waals surface area contributed by atoms with E-state index in [4.69, 9.17) is 0 Å². The van der Waals surface area contributed by atoms with Crippen molar-refractivity contribution < 1.29 is 83.4 Å². The third kappa shape index (κ3) is 1.84. The van der Waals surface area contributed by atoms with E-state index in [0.717, 1.165) is 0 Å². The zero-order valence-electron chi connectivity index (χ0n) is 12.6. The van der Waals surface area contributed by atoms with Crippen molar-refractivity contribution in [2.75, 3.05) is 0 Å². The van der Waals surface area contributed by atoms with Crippen LogP contribution in [0.2, 0.25) is 0 Å². The van der Waals surface area contributed by atoms with Crippen LogP contribution in [0.1, 0.15) is 0 Å². The molecule has 0 saturated heterocycles. The van der Waals surface area contributed by atoms with Crippen LogP contribution in [0.5, 0.6) is 0 Å². The van der Waals surface area contributed by atoms with Gasteiger partial charge in [-0.05, 0) is 0 Å². The Labute approximate surface area is 149 Å². The minimum absolute atomic E-state index is 4.80. The lowest BCUT2D eigenvalue weighted by Gasteiger charge is -2.51. The van der Waals surface area contributed by atoms with E-state index in [1.807, 2.05) is 0 Å². The predicted molar refractivity (Wildman–Crippen MR) is 50.2 cm³/mol. The van der Waals surface area contributed by atoms with E-state index in [2.05, 4.69) is 0 Å². The molecule has 0 heterocycles. The lowest BCUT2D eigenvalue weighted by molar-refractivity contribution is -0.498. The van der Waals surface area contributed by atoms with Crippen LogP contribution in [-0.4, -0.2) is 64.2 Å². The first-order valence-corrected chi connectivity index (χ1v) is 6.51. The van der Waals surface area contributed by atoms with E-state index in [1.165, 1.54) is 0 Å².